The molecule has 1 atom stereocenters. The van der Waals surface area contributed by atoms with Crippen molar-refractivity contribution in [2.45, 2.75) is 25.8 Å². The summed E-state index contributed by atoms with van der Waals surface area (Å²) in [5.41, 5.74) is 4.79. The van der Waals surface area contributed by atoms with Gasteiger partial charge in [0, 0.05) is 0 Å². The van der Waals surface area contributed by atoms with Crippen molar-refractivity contribution in [1.82, 2.24) is 9.97 Å². The molecule has 88 valence electrons. The van der Waals surface area contributed by atoms with E-state index in [2.05, 4.69) is 21.4 Å². The van der Waals surface area contributed by atoms with Gasteiger partial charge in [-0.25, -0.2) is 0 Å². The average Bonchev–Trinajstić information content (AvgIpc) is 2.28. The first kappa shape index (κ1) is 13.0. The molecule has 1 aromatic heterocycles. The van der Waals surface area contributed by atoms with Gasteiger partial charge in [-0.15, -0.1) is 0 Å². The van der Waals surface area contributed by atoms with Crippen LogP contribution in [0.1, 0.15) is 25.8 Å². The molecular formula is C10H11ClN6. The predicted octanol–water partition coefficient (Wildman–Crippen LogP) is 1.69. The number of aromatic nitrogens is 2. The number of nitriles is 2. The monoisotopic (exact) mass is 250 g/mol. The number of hydrogen-bond donors (Lipinski definition) is 2. The molecule has 0 fully saturated rings. The highest BCUT2D eigenvalue weighted by atomic mass is 35.5. The Labute approximate surface area is 104 Å². The number of nitrogen functional groups attached to an aromatic ring is 1. The zero-order valence-corrected chi connectivity index (χ0v) is 10.2. The van der Waals surface area contributed by atoms with Crippen LogP contribution in [-0.2, 0) is 0 Å². The lowest BCUT2D eigenvalue weighted by molar-refractivity contribution is 0.619. The van der Waals surface area contributed by atoms with Gasteiger partial charge in [0.2, 0.25) is 5.95 Å². The van der Waals surface area contributed by atoms with Gasteiger partial charge in [0.15, 0.2) is 5.15 Å². The summed E-state index contributed by atoms with van der Waals surface area (Å²) in [6, 6.07) is 3.91. The first-order valence-corrected chi connectivity index (χ1v) is 5.26. The standard InChI is InChI=1S/C10H11ClN6/c1-3-10(2,5-13)17-9-15-7(11)6(4-12)8(14)16-9/h3H2,1-2H3,(H3,14,15,16,17). The van der Waals surface area contributed by atoms with Crippen LogP contribution in [0.5, 0.6) is 0 Å². The quantitative estimate of drug-likeness (QED) is 0.790. The molecular weight excluding hydrogens is 240 g/mol. The topological polar surface area (TPSA) is 111 Å². The molecule has 7 heteroatoms. The maximum absolute atomic E-state index is 9.00. The van der Waals surface area contributed by atoms with Gasteiger partial charge in [-0.1, -0.05) is 18.5 Å². The van der Waals surface area contributed by atoms with Crippen LogP contribution >= 0.6 is 11.6 Å². The Morgan fingerprint density at radius 3 is 2.53 bits per heavy atom. The van der Waals surface area contributed by atoms with E-state index in [-0.39, 0.29) is 22.5 Å². The minimum atomic E-state index is -0.802. The van der Waals surface area contributed by atoms with E-state index in [1.165, 1.54) is 0 Å². The molecule has 3 N–H and O–H groups in total. The molecule has 17 heavy (non-hydrogen) atoms. The van der Waals surface area contributed by atoms with Crippen molar-refractivity contribution < 1.29 is 0 Å². The van der Waals surface area contributed by atoms with Crippen molar-refractivity contribution in [3.05, 3.63) is 10.7 Å². The van der Waals surface area contributed by atoms with Crippen molar-refractivity contribution in [2.75, 3.05) is 11.1 Å². The molecule has 0 aliphatic carbocycles. The second-order valence-corrected chi connectivity index (χ2v) is 3.99. The van der Waals surface area contributed by atoms with E-state index in [4.69, 9.17) is 27.9 Å². The van der Waals surface area contributed by atoms with Crippen molar-refractivity contribution in [3.63, 3.8) is 0 Å². The fraction of sp³-hybridized carbons (Fsp3) is 0.400. The molecule has 0 saturated heterocycles. The summed E-state index contributed by atoms with van der Waals surface area (Å²) in [5.74, 6) is 0.129. The molecule has 1 rings (SSSR count). The van der Waals surface area contributed by atoms with Crippen LogP contribution in [0.3, 0.4) is 0 Å². The number of nitrogens with zero attached hydrogens (tertiary/aromatic N) is 4. The van der Waals surface area contributed by atoms with Crippen molar-refractivity contribution in [1.29, 1.82) is 10.5 Å². The lowest BCUT2D eigenvalue weighted by atomic mass is 10.0. The highest BCUT2D eigenvalue weighted by Crippen LogP contribution is 2.22. The average molecular weight is 251 g/mol. The Balaban J connectivity index is 3.12. The number of halogens is 1. The number of nitrogens with two attached hydrogens (primary N) is 1. The van der Waals surface area contributed by atoms with Crippen molar-refractivity contribution in [2.24, 2.45) is 0 Å². The maximum atomic E-state index is 9.00. The van der Waals surface area contributed by atoms with Crippen LogP contribution in [0.25, 0.3) is 0 Å². The highest BCUT2D eigenvalue weighted by Gasteiger charge is 2.23. The Morgan fingerprint density at radius 2 is 2.12 bits per heavy atom. The third-order valence-electron chi connectivity index (χ3n) is 2.35. The van der Waals surface area contributed by atoms with E-state index in [0.717, 1.165) is 0 Å². The third kappa shape index (κ3) is 2.74. The molecule has 1 aromatic rings. The molecule has 0 aliphatic rings. The SMILES string of the molecule is CCC(C)(C#N)Nc1nc(N)c(C#N)c(Cl)n1. The van der Waals surface area contributed by atoms with Gasteiger partial charge in [0.25, 0.3) is 0 Å². The van der Waals surface area contributed by atoms with Gasteiger partial charge in [0.05, 0.1) is 6.07 Å². The molecule has 0 spiro atoms. The van der Waals surface area contributed by atoms with Gasteiger partial charge < -0.3 is 11.1 Å². The lowest BCUT2D eigenvalue weighted by Crippen LogP contribution is -2.33. The van der Waals surface area contributed by atoms with Gasteiger partial charge in [-0.05, 0) is 13.3 Å². The summed E-state index contributed by atoms with van der Waals surface area (Å²) >= 11 is 5.77. The van der Waals surface area contributed by atoms with Crippen molar-refractivity contribution in [3.8, 4) is 12.1 Å². The van der Waals surface area contributed by atoms with E-state index in [0.29, 0.717) is 6.42 Å². The summed E-state index contributed by atoms with van der Waals surface area (Å²) in [6.45, 7) is 3.56. The summed E-state index contributed by atoms with van der Waals surface area (Å²) in [5, 5.41) is 20.6. The Morgan fingerprint density at radius 1 is 1.47 bits per heavy atom. The molecule has 0 radical (unpaired) electrons. The number of nitrogens with one attached hydrogen (secondary N) is 1. The van der Waals surface area contributed by atoms with Crippen molar-refractivity contribution >= 4 is 23.4 Å². The Kier molecular flexibility index (Phi) is 3.72. The molecule has 0 aromatic carbocycles. The van der Waals surface area contributed by atoms with Crippen LogP contribution < -0.4 is 11.1 Å². The van der Waals surface area contributed by atoms with Gasteiger partial charge >= 0.3 is 0 Å². The summed E-state index contributed by atoms with van der Waals surface area (Å²) < 4.78 is 0. The second-order valence-electron chi connectivity index (χ2n) is 3.63. The molecule has 0 saturated carbocycles. The van der Waals surface area contributed by atoms with Gasteiger partial charge in [-0.3, -0.25) is 0 Å². The minimum Gasteiger partial charge on any atom is -0.382 e. The fourth-order valence-corrected chi connectivity index (χ4v) is 1.27. The molecule has 0 bridgehead atoms. The molecule has 1 heterocycles. The highest BCUT2D eigenvalue weighted by molar-refractivity contribution is 6.31. The van der Waals surface area contributed by atoms with Gasteiger partial charge in [0.1, 0.15) is 23.0 Å². The maximum Gasteiger partial charge on any atom is 0.227 e. The lowest BCUT2D eigenvalue weighted by Gasteiger charge is -2.21. The normalized spacial score (nSPS) is 13.2. The Bertz CT molecular complexity index is 492. The fourth-order valence-electron chi connectivity index (χ4n) is 1.05. The van der Waals surface area contributed by atoms with Crippen LogP contribution in [0.4, 0.5) is 11.8 Å². The second kappa shape index (κ2) is 4.86. The molecule has 0 aliphatic heterocycles. The first-order valence-electron chi connectivity index (χ1n) is 4.88. The van der Waals surface area contributed by atoms with E-state index in [9.17, 15) is 0 Å². The summed E-state index contributed by atoms with van der Waals surface area (Å²) in [7, 11) is 0. The van der Waals surface area contributed by atoms with E-state index >= 15 is 0 Å². The minimum absolute atomic E-state index is 0.00797. The Hall–Kier alpha value is -2.05. The zero-order valence-electron chi connectivity index (χ0n) is 9.45. The van der Waals surface area contributed by atoms with Crippen LogP contribution in [0.15, 0.2) is 0 Å². The van der Waals surface area contributed by atoms with E-state index < -0.39 is 5.54 Å². The van der Waals surface area contributed by atoms with E-state index in [1.807, 2.05) is 6.92 Å². The smallest absolute Gasteiger partial charge is 0.227 e. The zero-order chi connectivity index (χ0) is 13.1. The summed E-state index contributed by atoms with van der Waals surface area (Å²) in [6.07, 6.45) is 0.560. The largest absolute Gasteiger partial charge is 0.382 e. The van der Waals surface area contributed by atoms with Crippen LogP contribution in [0.2, 0.25) is 5.15 Å². The number of hydrogen-bond acceptors (Lipinski definition) is 6. The van der Waals surface area contributed by atoms with E-state index in [1.54, 1.807) is 13.0 Å². The van der Waals surface area contributed by atoms with Crippen LogP contribution in [0, 0.1) is 22.7 Å². The third-order valence-corrected chi connectivity index (χ3v) is 2.62. The molecule has 1 unspecified atom stereocenters. The molecule has 0 amide bonds. The number of rotatable bonds is 3. The molecule has 6 nitrogen and oxygen atoms in total. The van der Waals surface area contributed by atoms with Crippen LogP contribution in [-0.4, -0.2) is 15.5 Å². The first-order chi connectivity index (χ1) is 7.95. The number of anilines is 2. The predicted molar refractivity (Wildman–Crippen MR) is 64.1 cm³/mol. The summed E-state index contributed by atoms with van der Waals surface area (Å²) in [4.78, 5) is 7.76. The van der Waals surface area contributed by atoms with Gasteiger partial charge in [-0.2, -0.15) is 20.5 Å².